The molecule has 0 radical (unpaired) electrons. The van der Waals surface area contributed by atoms with Gasteiger partial charge in [-0.2, -0.15) is 0 Å². The Hall–Kier alpha value is -2.33. The maximum atomic E-state index is 13.7. The van der Waals surface area contributed by atoms with Gasteiger partial charge >= 0.3 is 5.97 Å². The van der Waals surface area contributed by atoms with E-state index in [1.807, 2.05) is 30.3 Å². The normalized spacial score (nSPS) is 20.6. The minimum absolute atomic E-state index is 0.0617. The average molecular weight is 372 g/mol. The fourth-order valence-corrected chi connectivity index (χ4v) is 4.34. The van der Waals surface area contributed by atoms with E-state index in [2.05, 4.69) is 4.98 Å². The zero-order valence-corrected chi connectivity index (χ0v) is 15.1. The van der Waals surface area contributed by atoms with E-state index in [4.69, 9.17) is 16.3 Å². The van der Waals surface area contributed by atoms with Crippen LogP contribution in [0.25, 0.3) is 10.9 Å². The molecule has 1 aliphatic carbocycles. The third-order valence-corrected chi connectivity index (χ3v) is 5.66. The maximum absolute atomic E-state index is 13.7. The molecule has 134 valence electrons. The molecule has 0 aliphatic heterocycles. The third-order valence-electron chi connectivity index (χ3n) is 5.09. The molecule has 0 amide bonds. The van der Waals surface area contributed by atoms with Crippen LogP contribution < -0.4 is 0 Å². The standard InChI is InChI=1S/C21H19ClFNO2/c1-12(25)26-21-16(19(22)13-5-3-2-4-6-13)9-8-15-17-11-14(23)7-10-18(17)24-20(15)21/h2-7,10-11,16,19,21,24H,8-9H2,1H3. The lowest BCUT2D eigenvalue weighted by molar-refractivity contribution is -0.150. The quantitative estimate of drug-likeness (QED) is 0.491. The molecule has 1 aromatic heterocycles. The highest BCUT2D eigenvalue weighted by molar-refractivity contribution is 6.21. The summed E-state index contributed by atoms with van der Waals surface area (Å²) in [4.78, 5) is 15.1. The smallest absolute Gasteiger partial charge is 0.303 e. The molecule has 1 heterocycles. The van der Waals surface area contributed by atoms with E-state index in [1.165, 1.54) is 19.1 Å². The first-order chi connectivity index (χ1) is 12.5. The lowest BCUT2D eigenvalue weighted by Gasteiger charge is -2.34. The molecule has 3 unspecified atom stereocenters. The molecular formula is C21H19ClFNO2. The number of halogens is 2. The minimum atomic E-state index is -0.477. The van der Waals surface area contributed by atoms with Crippen LogP contribution in [0, 0.1) is 11.7 Å². The molecule has 3 aromatic rings. The number of ether oxygens (including phenoxy) is 1. The van der Waals surface area contributed by atoms with Crippen LogP contribution in [0.3, 0.4) is 0 Å². The van der Waals surface area contributed by atoms with Crippen LogP contribution in [0.1, 0.15) is 41.6 Å². The van der Waals surface area contributed by atoms with Gasteiger partial charge in [-0.25, -0.2) is 4.39 Å². The van der Waals surface area contributed by atoms with E-state index in [0.29, 0.717) is 0 Å². The van der Waals surface area contributed by atoms with Crippen molar-refractivity contribution >= 4 is 28.5 Å². The van der Waals surface area contributed by atoms with Gasteiger partial charge in [-0.05, 0) is 42.2 Å². The van der Waals surface area contributed by atoms with E-state index in [9.17, 15) is 9.18 Å². The lowest BCUT2D eigenvalue weighted by Crippen LogP contribution is -2.27. The predicted octanol–water partition coefficient (Wildman–Crippen LogP) is 5.45. The van der Waals surface area contributed by atoms with Crippen molar-refractivity contribution in [1.82, 2.24) is 4.98 Å². The maximum Gasteiger partial charge on any atom is 0.303 e. The van der Waals surface area contributed by atoms with Gasteiger partial charge in [0.05, 0.1) is 11.1 Å². The fraction of sp³-hybridized carbons (Fsp3) is 0.286. The minimum Gasteiger partial charge on any atom is -0.456 e. The highest BCUT2D eigenvalue weighted by atomic mass is 35.5. The van der Waals surface area contributed by atoms with Gasteiger partial charge in [0.15, 0.2) is 0 Å². The van der Waals surface area contributed by atoms with Crippen molar-refractivity contribution in [1.29, 1.82) is 0 Å². The van der Waals surface area contributed by atoms with Gasteiger partial charge in [-0.1, -0.05) is 30.3 Å². The van der Waals surface area contributed by atoms with Crippen LogP contribution in [0.4, 0.5) is 4.39 Å². The van der Waals surface area contributed by atoms with Crippen LogP contribution in [0.2, 0.25) is 0 Å². The van der Waals surface area contributed by atoms with Crippen molar-refractivity contribution < 1.29 is 13.9 Å². The van der Waals surface area contributed by atoms with Gasteiger partial charge < -0.3 is 9.72 Å². The van der Waals surface area contributed by atoms with Gasteiger partial charge in [-0.15, -0.1) is 11.6 Å². The van der Waals surface area contributed by atoms with Crippen LogP contribution in [0.15, 0.2) is 48.5 Å². The van der Waals surface area contributed by atoms with Crippen molar-refractivity contribution in [3.8, 4) is 0 Å². The number of fused-ring (bicyclic) bond motifs is 3. The summed E-state index contributed by atoms with van der Waals surface area (Å²) < 4.78 is 19.4. The molecule has 1 aliphatic rings. The number of aryl methyl sites for hydroxylation is 1. The molecule has 0 spiro atoms. The van der Waals surface area contributed by atoms with Gasteiger partial charge in [0.2, 0.25) is 0 Å². The predicted molar refractivity (Wildman–Crippen MR) is 99.6 cm³/mol. The second-order valence-electron chi connectivity index (χ2n) is 6.75. The van der Waals surface area contributed by atoms with Gasteiger partial charge in [0, 0.05) is 23.7 Å². The van der Waals surface area contributed by atoms with E-state index in [0.717, 1.165) is 40.6 Å². The molecule has 3 nitrogen and oxygen atoms in total. The number of aromatic amines is 1. The number of hydrogen-bond acceptors (Lipinski definition) is 2. The van der Waals surface area contributed by atoms with Crippen molar-refractivity contribution in [2.75, 3.05) is 0 Å². The summed E-state index contributed by atoms with van der Waals surface area (Å²) >= 11 is 6.79. The van der Waals surface area contributed by atoms with E-state index < -0.39 is 6.10 Å². The number of hydrogen-bond donors (Lipinski definition) is 1. The van der Waals surface area contributed by atoms with Crippen LogP contribution in [-0.4, -0.2) is 11.0 Å². The zero-order valence-electron chi connectivity index (χ0n) is 14.3. The zero-order chi connectivity index (χ0) is 18.3. The number of carbonyl (C=O) groups excluding carboxylic acids is 1. The lowest BCUT2D eigenvalue weighted by atomic mass is 9.80. The van der Waals surface area contributed by atoms with E-state index in [1.54, 1.807) is 6.07 Å². The van der Waals surface area contributed by atoms with E-state index in [-0.39, 0.29) is 23.1 Å². The number of H-pyrrole nitrogens is 1. The topological polar surface area (TPSA) is 42.1 Å². The van der Waals surface area contributed by atoms with Crippen molar-refractivity contribution in [2.24, 2.45) is 5.92 Å². The molecule has 1 N–H and O–H groups in total. The first-order valence-corrected chi connectivity index (χ1v) is 9.14. The number of rotatable bonds is 3. The molecule has 0 bridgehead atoms. The molecule has 5 heteroatoms. The molecule has 0 saturated carbocycles. The molecular weight excluding hydrogens is 353 g/mol. The van der Waals surface area contributed by atoms with Gasteiger partial charge in [0.25, 0.3) is 0 Å². The van der Waals surface area contributed by atoms with Crippen LogP contribution in [0.5, 0.6) is 0 Å². The molecule has 0 saturated heterocycles. The summed E-state index contributed by atoms with van der Waals surface area (Å²) in [6, 6.07) is 14.5. The fourth-order valence-electron chi connectivity index (χ4n) is 3.94. The number of benzene rings is 2. The Morgan fingerprint density at radius 2 is 2.04 bits per heavy atom. The largest absolute Gasteiger partial charge is 0.456 e. The van der Waals surface area contributed by atoms with Crippen LogP contribution >= 0.6 is 11.6 Å². The van der Waals surface area contributed by atoms with Crippen molar-refractivity contribution in [2.45, 2.75) is 31.2 Å². The number of carbonyl (C=O) groups is 1. The summed E-state index contributed by atoms with van der Waals surface area (Å²) in [5.41, 5.74) is 3.69. The summed E-state index contributed by atoms with van der Waals surface area (Å²) in [5, 5.41) is 0.568. The Balaban J connectivity index is 1.78. The summed E-state index contributed by atoms with van der Waals surface area (Å²) in [6.07, 6.45) is 1.05. The monoisotopic (exact) mass is 371 g/mol. The Morgan fingerprint density at radius 1 is 1.27 bits per heavy atom. The van der Waals surface area contributed by atoms with Gasteiger partial charge in [0.1, 0.15) is 11.9 Å². The molecule has 3 atom stereocenters. The molecule has 4 rings (SSSR count). The number of aromatic nitrogens is 1. The third kappa shape index (κ3) is 2.99. The second-order valence-corrected chi connectivity index (χ2v) is 7.22. The summed E-state index contributed by atoms with van der Waals surface area (Å²) in [5.74, 6) is -0.687. The van der Waals surface area contributed by atoms with Crippen molar-refractivity contribution in [3.05, 3.63) is 71.2 Å². The summed E-state index contributed by atoms with van der Waals surface area (Å²) in [7, 11) is 0. The first-order valence-electron chi connectivity index (χ1n) is 8.71. The highest BCUT2D eigenvalue weighted by Gasteiger charge is 2.39. The van der Waals surface area contributed by atoms with Gasteiger partial charge in [-0.3, -0.25) is 4.79 Å². The SMILES string of the molecule is CC(=O)OC1c2[nH]c3ccc(F)cc3c2CCC1C(Cl)c1ccccc1. The first kappa shape index (κ1) is 17.1. The Bertz CT molecular complexity index is 953. The Kier molecular flexibility index (Phi) is 4.45. The highest BCUT2D eigenvalue weighted by Crippen LogP contribution is 2.47. The Morgan fingerprint density at radius 3 is 2.77 bits per heavy atom. The number of nitrogens with one attached hydrogen (secondary N) is 1. The number of alkyl halides is 1. The van der Waals surface area contributed by atoms with Crippen molar-refractivity contribution in [3.63, 3.8) is 0 Å². The molecule has 26 heavy (non-hydrogen) atoms. The Labute approximate surface area is 156 Å². The summed E-state index contributed by atoms with van der Waals surface area (Å²) in [6.45, 7) is 1.40. The molecule has 0 fully saturated rings. The molecule has 2 aromatic carbocycles. The second kappa shape index (κ2) is 6.76. The number of esters is 1. The average Bonchev–Trinajstić information content (AvgIpc) is 3.00. The van der Waals surface area contributed by atoms with Crippen LogP contribution in [-0.2, 0) is 16.0 Å². The van der Waals surface area contributed by atoms with E-state index >= 15 is 0 Å².